The van der Waals surface area contributed by atoms with E-state index in [9.17, 15) is 0 Å². The topological polar surface area (TPSA) is 74.7 Å². The molecule has 3 N–H and O–H groups in total. The highest BCUT2D eigenvalue weighted by Crippen LogP contribution is 2.27. The highest BCUT2D eigenvalue weighted by atomic mass is 79.9. The van der Waals surface area contributed by atoms with Crippen molar-refractivity contribution in [2.45, 2.75) is 13.5 Å². The fraction of sp³-hybridized carbons (Fsp3) is 0.143. The molecule has 0 atom stereocenters. The Morgan fingerprint density at radius 3 is 2.68 bits per heavy atom. The third-order valence-electron chi connectivity index (χ3n) is 2.85. The van der Waals surface area contributed by atoms with Crippen molar-refractivity contribution in [3.8, 4) is 6.07 Å². The van der Waals surface area contributed by atoms with E-state index < -0.39 is 0 Å². The minimum absolute atomic E-state index is 0.640. The molecule has 0 bridgehead atoms. The van der Waals surface area contributed by atoms with Crippen LogP contribution in [-0.2, 0) is 6.54 Å². The van der Waals surface area contributed by atoms with Crippen molar-refractivity contribution in [1.82, 2.24) is 4.98 Å². The average molecular weight is 317 g/mol. The van der Waals surface area contributed by atoms with Gasteiger partial charge in [-0.2, -0.15) is 5.26 Å². The van der Waals surface area contributed by atoms with Gasteiger partial charge in [0.25, 0.3) is 0 Å². The molecule has 5 heteroatoms. The lowest BCUT2D eigenvalue weighted by Crippen LogP contribution is -2.04. The number of nitrogens with zero attached hydrogens (tertiary/aromatic N) is 2. The lowest BCUT2D eigenvalue weighted by molar-refractivity contribution is 1.10. The average Bonchev–Trinajstić information content (AvgIpc) is 2.45. The van der Waals surface area contributed by atoms with Gasteiger partial charge in [-0.1, -0.05) is 12.1 Å². The number of nitrogens with two attached hydrogens (primary N) is 1. The Bertz CT molecular complexity index is 629. The van der Waals surface area contributed by atoms with Crippen LogP contribution in [0, 0.1) is 18.3 Å². The Hall–Kier alpha value is -2.06. The molecule has 96 valence electrons. The van der Waals surface area contributed by atoms with E-state index in [0.29, 0.717) is 17.8 Å². The van der Waals surface area contributed by atoms with Crippen molar-refractivity contribution in [3.05, 3.63) is 51.6 Å². The molecule has 0 saturated heterocycles. The van der Waals surface area contributed by atoms with Crippen LogP contribution in [0.15, 0.2) is 34.9 Å². The molecule has 1 aromatic carbocycles. The fourth-order valence-electron chi connectivity index (χ4n) is 1.60. The van der Waals surface area contributed by atoms with Gasteiger partial charge in [-0.3, -0.25) is 0 Å². The smallest absolute Gasteiger partial charge is 0.140 e. The van der Waals surface area contributed by atoms with Crippen LogP contribution in [0.4, 0.5) is 11.5 Å². The van der Waals surface area contributed by atoms with Crippen molar-refractivity contribution in [1.29, 1.82) is 5.26 Å². The summed E-state index contributed by atoms with van der Waals surface area (Å²) in [5.41, 5.74) is 9.15. The number of anilines is 2. The summed E-state index contributed by atoms with van der Waals surface area (Å²) in [4.78, 5) is 4.25. The number of aromatic nitrogens is 1. The molecule has 4 nitrogen and oxygen atoms in total. The number of nitriles is 1. The molecule has 0 aliphatic heterocycles. The SMILES string of the molecule is Cc1c(N)cnc(NCc2ccc(C#N)cc2)c1Br. The highest BCUT2D eigenvalue weighted by molar-refractivity contribution is 9.10. The first-order valence-corrected chi connectivity index (χ1v) is 6.54. The summed E-state index contributed by atoms with van der Waals surface area (Å²) in [5, 5.41) is 12.0. The van der Waals surface area contributed by atoms with E-state index in [1.54, 1.807) is 18.3 Å². The lowest BCUT2D eigenvalue weighted by atomic mass is 10.1. The molecular formula is C14H13BrN4. The van der Waals surface area contributed by atoms with Crippen LogP contribution in [0.2, 0.25) is 0 Å². The summed E-state index contributed by atoms with van der Waals surface area (Å²) in [7, 11) is 0. The normalized spacial score (nSPS) is 9.95. The van der Waals surface area contributed by atoms with Crippen molar-refractivity contribution in [2.75, 3.05) is 11.1 Å². The zero-order valence-corrected chi connectivity index (χ0v) is 12.0. The maximum Gasteiger partial charge on any atom is 0.140 e. The Labute approximate surface area is 120 Å². The molecule has 0 fully saturated rings. The summed E-state index contributed by atoms with van der Waals surface area (Å²) in [5.74, 6) is 0.760. The monoisotopic (exact) mass is 316 g/mol. The summed E-state index contributed by atoms with van der Waals surface area (Å²) < 4.78 is 0.876. The van der Waals surface area contributed by atoms with Gasteiger partial charge in [0.15, 0.2) is 0 Å². The molecule has 0 aliphatic carbocycles. The van der Waals surface area contributed by atoms with E-state index >= 15 is 0 Å². The van der Waals surface area contributed by atoms with E-state index in [0.717, 1.165) is 21.4 Å². The first-order chi connectivity index (χ1) is 9.11. The van der Waals surface area contributed by atoms with Crippen LogP contribution < -0.4 is 11.1 Å². The molecule has 2 aromatic rings. The Balaban J connectivity index is 2.10. The molecule has 0 aliphatic rings. The maximum atomic E-state index is 8.74. The van der Waals surface area contributed by atoms with Crippen molar-refractivity contribution < 1.29 is 0 Å². The van der Waals surface area contributed by atoms with Crippen LogP contribution >= 0.6 is 15.9 Å². The standard InChI is InChI=1S/C14H13BrN4/c1-9-12(17)8-19-14(13(9)15)18-7-11-4-2-10(6-16)3-5-11/h2-5,8H,7,17H2,1H3,(H,18,19). The number of nitrogens with one attached hydrogen (secondary N) is 1. The van der Waals surface area contributed by atoms with Crippen LogP contribution in [-0.4, -0.2) is 4.98 Å². The molecule has 0 saturated carbocycles. The zero-order valence-electron chi connectivity index (χ0n) is 10.4. The second-order valence-electron chi connectivity index (χ2n) is 4.16. The van der Waals surface area contributed by atoms with Crippen LogP contribution in [0.1, 0.15) is 16.7 Å². The predicted molar refractivity (Wildman–Crippen MR) is 79.6 cm³/mol. The van der Waals surface area contributed by atoms with Gasteiger partial charge >= 0.3 is 0 Å². The molecule has 1 aromatic heterocycles. The first kappa shape index (κ1) is 13.4. The Morgan fingerprint density at radius 1 is 1.37 bits per heavy atom. The quantitative estimate of drug-likeness (QED) is 0.911. The third-order valence-corrected chi connectivity index (χ3v) is 3.82. The number of rotatable bonds is 3. The van der Waals surface area contributed by atoms with Gasteiger partial charge in [0.1, 0.15) is 5.82 Å². The molecule has 0 amide bonds. The second kappa shape index (κ2) is 5.72. The van der Waals surface area contributed by atoms with Crippen molar-refractivity contribution in [2.24, 2.45) is 0 Å². The number of hydrogen-bond donors (Lipinski definition) is 2. The summed E-state index contributed by atoms with van der Waals surface area (Å²) in [6.45, 7) is 2.58. The van der Waals surface area contributed by atoms with E-state index in [1.807, 2.05) is 19.1 Å². The highest BCUT2D eigenvalue weighted by Gasteiger charge is 2.06. The van der Waals surface area contributed by atoms with E-state index in [-0.39, 0.29) is 0 Å². The molecule has 1 heterocycles. The number of pyridine rings is 1. The molecule has 0 unspecified atom stereocenters. The van der Waals surface area contributed by atoms with Gasteiger partial charge in [-0.25, -0.2) is 4.98 Å². The molecule has 0 radical (unpaired) electrons. The van der Waals surface area contributed by atoms with Gasteiger partial charge in [0.05, 0.1) is 28.0 Å². The van der Waals surface area contributed by atoms with E-state index in [1.165, 1.54) is 0 Å². The number of benzene rings is 1. The fourth-order valence-corrected chi connectivity index (χ4v) is 2.07. The van der Waals surface area contributed by atoms with Gasteiger partial charge in [-0.15, -0.1) is 0 Å². The first-order valence-electron chi connectivity index (χ1n) is 5.75. The van der Waals surface area contributed by atoms with Gasteiger partial charge in [0, 0.05) is 6.54 Å². The second-order valence-corrected chi connectivity index (χ2v) is 4.96. The largest absolute Gasteiger partial charge is 0.397 e. The van der Waals surface area contributed by atoms with Crippen LogP contribution in [0.5, 0.6) is 0 Å². The van der Waals surface area contributed by atoms with E-state index in [4.69, 9.17) is 11.0 Å². The summed E-state index contributed by atoms with van der Waals surface area (Å²) in [6.07, 6.45) is 1.64. The van der Waals surface area contributed by atoms with E-state index in [2.05, 4.69) is 32.3 Å². The minimum Gasteiger partial charge on any atom is -0.397 e. The Kier molecular flexibility index (Phi) is 4.03. The maximum absolute atomic E-state index is 8.74. The van der Waals surface area contributed by atoms with Crippen LogP contribution in [0.3, 0.4) is 0 Å². The number of halogens is 1. The van der Waals surface area contributed by atoms with Crippen LogP contribution in [0.25, 0.3) is 0 Å². The van der Waals surface area contributed by atoms with Crippen molar-refractivity contribution >= 4 is 27.4 Å². The summed E-state index contributed by atoms with van der Waals surface area (Å²) in [6, 6.07) is 9.54. The third kappa shape index (κ3) is 3.04. The zero-order chi connectivity index (χ0) is 13.8. The van der Waals surface area contributed by atoms with Gasteiger partial charge in [0.2, 0.25) is 0 Å². The van der Waals surface area contributed by atoms with Gasteiger partial charge in [-0.05, 0) is 46.1 Å². The van der Waals surface area contributed by atoms with Gasteiger partial charge < -0.3 is 11.1 Å². The Morgan fingerprint density at radius 2 is 2.05 bits per heavy atom. The van der Waals surface area contributed by atoms with Crippen molar-refractivity contribution in [3.63, 3.8) is 0 Å². The number of hydrogen-bond acceptors (Lipinski definition) is 4. The molecule has 0 spiro atoms. The summed E-state index contributed by atoms with van der Waals surface area (Å²) >= 11 is 3.48. The predicted octanol–water partition coefficient (Wildman–Crippen LogP) is 3.22. The minimum atomic E-state index is 0.640. The lowest BCUT2D eigenvalue weighted by Gasteiger charge is -2.10. The molecular weight excluding hydrogens is 304 g/mol. The molecule has 19 heavy (non-hydrogen) atoms. The molecule has 2 rings (SSSR count). The number of nitrogen functional groups attached to an aromatic ring is 1.